The van der Waals surface area contributed by atoms with Gasteiger partial charge in [-0.05, 0) is 42.6 Å². The number of nitrogens with one attached hydrogen (secondary N) is 1. The molecule has 0 fully saturated rings. The second-order valence-corrected chi connectivity index (χ2v) is 6.67. The number of benzene rings is 2. The third-order valence-electron chi connectivity index (χ3n) is 4.60. The molecule has 2 heterocycles. The average molecular weight is 348 g/mol. The molecule has 3 N–H and O–H groups in total. The predicted octanol–water partition coefficient (Wildman–Crippen LogP) is 4.06. The van der Waals surface area contributed by atoms with E-state index in [2.05, 4.69) is 53.8 Å². The molecule has 3 aromatic rings. The molecule has 2 aromatic carbocycles. The zero-order valence-electron chi connectivity index (χ0n) is 13.9. The van der Waals surface area contributed by atoms with Crippen molar-refractivity contribution < 1.29 is 0 Å². The summed E-state index contributed by atoms with van der Waals surface area (Å²) in [5, 5.41) is 8.40. The lowest BCUT2D eigenvalue weighted by molar-refractivity contribution is 0.782. The molecule has 25 heavy (non-hydrogen) atoms. The minimum Gasteiger partial charge on any atom is -0.374 e. The monoisotopic (exact) mass is 348 g/mol. The molecule has 0 saturated carbocycles. The van der Waals surface area contributed by atoms with Gasteiger partial charge in [-0.15, -0.1) is 0 Å². The van der Waals surface area contributed by atoms with E-state index in [1.807, 2.05) is 6.07 Å². The van der Waals surface area contributed by atoms with Crippen molar-refractivity contribution in [1.82, 2.24) is 9.78 Å². The Kier molecular flexibility index (Phi) is 4.24. The highest BCUT2D eigenvalue weighted by molar-refractivity contribution is 7.80. The first kappa shape index (κ1) is 15.8. The minimum atomic E-state index is 0.276. The van der Waals surface area contributed by atoms with Gasteiger partial charge in [-0.2, -0.15) is 9.78 Å². The Balaban J connectivity index is 1.76. The molecule has 0 amide bonds. The standard InChI is InChI=1S/C20H20N4S/c21-20(25)24-19-17(8-4-5-13-22-19)18(23-24)16-11-9-15(10-12-16)14-6-2-1-3-7-14/h1-3,6-7,9-12,22H,4-5,8,13H2,(H2,21,25). The Labute approximate surface area is 152 Å². The summed E-state index contributed by atoms with van der Waals surface area (Å²) in [6.45, 7) is 0.924. The smallest absolute Gasteiger partial charge is 0.193 e. The maximum Gasteiger partial charge on any atom is 0.193 e. The lowest BCUT2D eigenvalue weighted by Crippen LogP contribution is -2.22. The number of thiocarbonyl (C=S) groups is 1. The van der Waals surface area contributed by atoms with Gasteiger partial charge in [0.05, 0.1) is 5.69 Å². The highest BCUT2D eigenvalue weighted by Crippen LogP contribution is 2.33. The second kappa shape index (κ2) is 6.69. The van der Waals surface area contributed by atoms with Gasteiger partial charge in [0.1, 0.15) is 5.82 Å². The van der Waals surface area contributed by atoms with Crippen molar-refractivity contribution in [2.24, 2.45) is 5.73 Å². The van der Waals surface area contributed by atoms with Crippen LogP contribution in [0.2, 0.25) is 0 Å². The van der Waals surface area contributed by atoms with Crippen LogP contribution in [0.3, 0.4) is 0 Å². The zero-order chi connectivity index (χ0) is 17.2. The van der Waals surface area contributed by atoms with Crippen LogP contribution in [-0.2, 0) is 6.42 Å². The molecule has 0 unspecified atom stereocenters. The van der Waals surface area contributed by atoms with E-state index in [4.69, 9.17) is 23.1 Å². The number of hydrogen-bond donors (Lipinski definition) is 2. The van der Waals surface area contributed by atoms with Crippen LogP contribution in [0.5, 0.6) is 0 Å². The molecule has 126 valence electrons. The van der Waals surface area contributed by atoms with Crippen molar-refractivity contribution in [3.63, 3.8) is 0 Å². The van der Waals surface area contributed by atoms with Crippen LogP contribution in [-0.4, -0.2) is 21.4 Å². The quantitative estimate of drug-likeness (QED) is 0.686. The first-order valence-electron chi connectivity index (χ1n) is 8.55. The van der Waals surface area contributed by atoms with Crippen molar-refractivity contribution >= 4 is 23.1 Å². The molecule has 0 aliphatic carbocycles. The van der Waals surface area contributed by atoms with Gasteiger partial charge in [0.25, 0.3) is 0 Å². The van der Waals surface area contributed by atoms with E-state index < -0.39 is 0 Å². The Bertz CT molecular complexity index is 897. The number of aromatic nitrogens is 2. The average Bonchev–Trinajstić information content (AvgIpc) is 2.84. The molecule has 0 bridgehead atoms. The fourth-order valence-electron chi connectivity index (χ4n) is 3.34. The van der Waals surface area contributed by atoms with Crippen molar-refractivity contribution in [2.75, 3.05) is 11.9 Å². The molecule has 1 aliphatic heterocycles. The summed E-state index contributed by atoms with van der Waals surface area (Å²) < 4.78 is 1.66. The fraction of sp³-hybridized carbons (Fsp3) is 0.200. The number of rotatable bonds is 2. The molecule has 0 atom stereocenters. The van der Waals surface area contributed by atoms with Crippen molar-refractivity contribution in [2.45, 2.75) is 19.3 Å². The van der Waals surface area contributed by atoms with Crippen LogP contribution < -0.4 is 11.1 Å². The highest BCUT2D eigenvalue weighted by atomic mass is 32.1. The van der Waals surface area contributed by atoms with E-state index in [0.29, 0.717) is 0 Å². The van der Waals surface area contributed by atoms with Crippen LogP contribution in [0, 0.1) is 0 Å². The molecular weight excluding hydrogens is 328 g/mol. The van der Waals surface area contributed by atoms with E-state index in [1.54, 1.807) is 4.68 Å². The second-order valence-electron chi connectivity index (χ2n) is 6.25. The summed E-state index contributed by atoms with van der Waals surface area (Å²) in [6.07, 6.45) is 3.26. The molecule has 0 saturated heterocycles. The molecule has 0 spiro atoms. The van der Waals surface area contributed by atoms with Crippen LogP contribution in [0.4, 0.5) is 5.82 Å². The summed E-state index contributed by atoms with van der Waals surface area (Å²) in [7, 11) is 0. The summed E-state index contributed by atoms with van der Waals surface area (Å²) in [4.78, 5) is 0. The molecule has 0 radical (unpaired) electrons. The number of nitrogens with two attached hydrogens (primary N) is 1. The summed E-state index contributed by atoms with van der Waals surface area (Å²) in [6, 6.07) is 18.9. The lowest BCUT2D eigenvalue weighted by atomic mass is 10.00. The van der Waals surface area contributed by atoms with Crippen molar-refractivity contribution in [1.29, 1.82) is 0 Å². The van der Waals surface area contributed by atoms with E-state index >= 15 is 0 Å². The molecule has 1 aliphatic rings. The molecule has 1 aromatic heterocycles. The largest absolute Gasteiger partial charge is 0.374 e. The summed E-state index contributed by atoms with van der Waals surface area (Å²) >= 11 is 5.18. The fourth-order valence-corrected chi connectivity index (χ4v) is 3.48. The normalized spacial score (nSPS) is 13.6. The number of hydrogen-bond acceptors (Lipinski definition) is 3. The number of nitrogens with zero attached hydrogens (tertiary/aromatic N) is 2. The van der Waals surface area contributed by atoms with Gasteiger partial charge >= 0.3 is 0 Å². The minimum absolute atomic E-state index is 0.276. The van der Waals surface area contributed by atoms with E-state index in [0.717, 1.165) is 42.9 Å². The van der Waals surface area contributed by atoms with Gasteiger partial charge < -0.3 is 11.1 Å². The van der Waals surface area contributed by atoms with E-state index in [1.165, 1.54) is 16.7 Å². The van der Waals surface area contributed by atoms with E-state index in [9.17, 15) is 0 Å². The molecule has 4 rings (SSSR count). The number of anilines is 1. The third kappa shape index (κ3) is 3.03. The molecule has 4 nitrogen and oxygen atoms in total. The molecular formula is C20H20N4S. The Morgan fingerprint density at radius 2 is 1.64 bits per heavy atom. The van der Waals surface area contributed by atoms with Gasteiger partial charge in [-0.3, -0.25) is 0 Å². The lowest BCUT2D eigenvalue weighted by Gasteiger charge is -2.06. The highest BCUT2D eigenvalue weighted by Gasteiger charge is 2.21. The Hall–Kier alpha value is -2.66. The van der Waals surface area contributed by atoms with Gasteiger partial charge in [-0.1, -0.05) is 54.6 Å². The van der Waals surface area contributed by atoms with Gasteiger partial charge in [0.2, 0.25) is 0 Å². The van der Waals surface area contributed by atoms with Crippen LogP contribution >= 0.6 is 12.2 Å². The maximum atomic E-state index is 5.87. The first-order valence-corrected chi connectivity index (χ1v) is 8.96. The summed E-state index contributed by atoms with van der Waals surface area (Å²) in [5.41, 5.74) is 11.5. The number of fused-ring (bicyclic) bond motifs is 1. The Morgan fingerprint density at radius 3 is 2.36 bits per heavy atom. The van der Waals surface area contributed by atoms with Crippen LogP contribution in [0.15, 0.2) is 54.6 Å². The van der Waals surface area contributed by atoms with Crippen LogP contribution in [0.25, 0.3) is 22.4 Å². The van der Waals surface area contributed by atoms with Crippen molar-refractivity contribution in [3.05, 3.63) is 60.2 Å². The molecule has 5 heteroatoms. The third-order valence-corrected chi connectivity index (χ3v) is 4.78. The predicted molar refractivity (Wildman–Crippen MR) is 107 cm³/mol. The van der Waals surface area contributed by atoms with E-state index in [-0.39, 0.29) is 5.11 Å². The Morgan fingerprint density at radius 1 is 0.960 bits per heavy atom. The topological polar surface area (TPSA) is 55.9 Å². The zero-order valence-corrected chi connectivity index (χ0v) is 14.7. The SMILES string of the molecule is NC(=S)n1nc(-c2ccc(-c3ccccc3)cc2)c2c1NCCCC2. The maximum absolute atomic E-state index is 5.87. The van der Waals surface area contributed by atoms with Gasteiger partial charge in [0.15, 0.2) is 5.11 Å². The van der Waals surface area contributed by atoms with Gasteiger partial charge in [-0.25, -0.2) is 0 Å². The van der Waals surface area contributed by atoms with Crippen LogP contribution in [0.1, 0.15) is 18.4 Å². The van der Waals surface area contributed by atoms with Crippen molar-refractivity contribution in [3.8, 4) is 22.4 Å². The summed E-state index contributed by atoms with van der Waals surface area (Å²) in [5.74, 6) is 0.951. The van der Waals surface area contributed by atoms with Gasteiger partial charge in [0, 0.05) is 17.7 Å². The first-order chi connectivity index (χ1) is 12.2.